The Morgan fingerprint density at radius 3 is 2.44 bits per heavy atom. The first-order valence-electron chi connectivity index (χ1n) is 6.37. The predicted octanol–water partition coefficient (Wildman–Crippen LogP) is 2.75. The van der Waals surface area contributed by atoms with Gasteiger partial charge in [0.15, 0.2) is 0 Å². The molecule has 104 valence electrons. The first-order chi connectivity index (χ1) is 8.00. The number of likely N-dealkylation sites (N-methyl/N-ethyl adjacent to an activating group) is 1. The summed E-state index contributed by atoms with van der Waals surface area (Å²) in [6.07, 6.45) is 0.652. The molecule has 1 rings (SSSR count). The molecule has 0 aromatic heterocycles. The molecule has 1 aliphatic heterocycles. The van der Waals surface area contributed by atoms with Gasteiger partial charge in [0.25, 0.3) is 0 Å². The average Bonchev–Trinajstić information content (AvgIpc) is 2.42. The fraction of sp³-hybridized carbons (Fsp3) is 0.786. The highest BCUT2D eigenvalue weighted by molar-refractivity contribution is 6.20. The Morgan fingerprint density at radius 2 is 2.11 bits per heavy atom. The fourth-order valence-electron chi connectivity index (χ4n) is 2.50. The van der Waals surface area contributed by atoms with Crippen molar-refractivity contribution in [2.75, 3.05) is 7.05 Å². The van der Waals surface area contributed by atoms with Gasteiger partial charge in [-0.05, 0) is 31.3 Å². The van der Waals surface area contributed by atoms with E-state index >= 15 is 0 Å². The van der Waals surface area contributed by atoms with Gasteiger partial charge in [0.2, 0.25) is 5.91 Å². The summed E-state index contributed by atoms with van der Waals surface area (Å²) in [6.45, 7) is 14.2. The maximum absolute atomic E-state index is 12.5. The Kier molecular flexibility index (Phi) is 4.19. The molecule has 3 unspecified atom stereocenters. The Bertz CT molecular complexity index is 359. The molecule has 0 spiro atoms. The number of carbonyl (C=O) groups is 1. The Balaban J connectivity index is 2.98. The quantitative estimate of drug-likeness (QED) is 0.633. The number of nitrogens with one attached hydrogen (secondary N) is 1. The van der Waals surface area contributed by atoms with Crippen LogP contribution in [0.4, 0.5) is 0 Å². The summed E-state index contributed by atoms with van der Waals surface area (Å²) in [7, 11) is 1.84. The van der Waals surface area contributed by atoms with Gasteiger partial charge < -0.3 is 4.90 Å². The van der Waals surface area contributed by atoms with E-state index in [4.69, 9.17) is 11.6 Å². The van der Waals surface area contributed by atoms with Crippen molar-refractivity contribution in [3.63, 3.8) is 0 Å². The van der Waals surface area contributed by atoms with Gasteiger partial charge in [0, 0.05) is 12.4 Å². The monoisotopic (exact) mass is 272 g/mol. The smallest absolute Gasteiger partial charge is 0.247 e. The van der Waals surface area contributed by atoms with Crippen LogP contribution in [-0.2, 0) is 4.79 Å². The Labute approximate surface area is 116 Å². The van der Waals surface area contributed by atoms with Gasteiger partial charge in [-0.1, -0.05) is 27.4 Å². The molecule has 3 nitrogen and oxygen atoms in total. The van der Waals surface area contributed by atoms with E-state index in [1.165, 1.54) is 0 Å². The lowest BCUT2D eigenvalue weighted by atomic mass is 9.88. The Morgan fingerprint density at radius 1 is 1.61 bits per heavy atom. The topological polar surface area (TPSA) is 32.3 Å². The average molecular weight is 273 g/mol. The van der Waals surface area contributed by atoms with E-state index in [0.717, 1.165) is 5.57 Å². The van der Waals surface area contributed by atoms with Crippen LogP contribution in [0.3, 0.4) is 0 Å². The zero-order valence-corrected chi connectivity index (χ0v) is 13.1. The lowest BCUT2D eigenvalue weighted by molar-refractivity contribution is -0.131. The second kappa shape index (κ2) is 4.86. The molecule has 4 heteroatoms. The molecule has 3 atom stereocenters. The van der Waals surface area contributed by atoms with Crippen LogP contribution in [0.2, 0.25) is 0 Å². The first-order valence-corrected chi connectivity index (χ1v) is 6.81. The van der Waals surface area contributed by atoms with Gasteiger partial charge in [0.05, 0.1) is 6.17 Å². The molecule has 0 aromatic rings. The van der Waals surface area contributed by atoms with E-state index in [1.807, 2.05) is 20.9 Å². The molecule has 1 amide bonds. The zero-order chi connectivity index (χ0) is 14.3. The van der Waals surface area contributed by atoms with Crippen molar-refractivity contribution >= 4 is 17.5 Å². The number of hydrogen-bond donors (Lipinski definition) is 1. The molecular formula is C14H25ClN2O. The molecule has 1 N–H and O–H groups in total. The molecule has 0 radical (unpaired) electrons. The molecule has 1 fully saturated rings. The third-order valence-corrected chi connectivity index (χ3v) is 3.77. The van der Waals surface area contributed by atoms with E-state index in [0.29, 0.717) is 6.42 Å². The summed E-state index contributed by atoms with van der Waals surface area (Å²) in [4.78, 5) is 14.2. The molecule has 0 bridgehead atoms. The number of carbonyl (C=O) groups excluding carboxylic acids is 1. The summed E-state index contributed by atoms with van der Waals surface area (Å²) in [5.74, 6) is 0.0738. The molecule has 18 heavy (non-hydrogen) atoms. The van der Waals surface area contributed by atoms with Gasteiger partial charge in [0.1, 0.15) is 5.54 Å². The molecular weight excluding hydrogens is 248 g/mol. The lowest BCUT2D eigenvalue weighted by Gasteiger charge is -2.33. The molecule has 1 aliphatic rings. The minimum Gasteiger partial charge on any atom is -0.328 e. The van der Waals surface area contributed by atoms with Gasteiger partial charge in [-0.15, -0.1) is 11.6 Å². The van der Waals surface area contributed by atoms with Crippen LogP contribution in [0.5, 0.6) is 0 Å². The van der Waals surface area contributed by atoms with E-state index in [-0.39, 0.29) is 22.9 Å². The Hall–Kier alpha value is -0.540. The molecule has 1 saturated heterocycles. The van der Waals surface area contributed by atoms with Crippen molar-refractivity contribution in [1.82, 2.24) is 10.2 Å². The minimum absolute atomic E-state index is 0.0112. The maximum atomic E-state index is 12.5. The van der Waals surface area contributed by atoms with Gasteiger partial charge >= 0.3 is 0 Å². The van der Waals surface area contributed by atoms with Crippen LogP contribution >= 0.6 is 11.6 Å². The molecule has 0 saturated carbocycles. The number of nitrogens with zero attached hydrogens (tertiary/aromatic N) is 1. The second-order valence-corrected chi connectivity index (χ2v) is 7.29. The summed E-state index contributed by atoms with van der Waals surface area (Å²) < 4.78 is 0. The summed E-state index contributed by atoms with van der Waals surface area (Å²) >= 11 is 6.01. The van der Waals surface area contributed by atoms with Crippen molar-refractivity contribution in [3.8, 4) is 0 Å². The number of hydrogen-bond acceptors (Lipinski definition) is 2. The zero-order valence-electron chi connectivity index (χ0n) is 12.3. The second-order valence-electron chi connectivity index (χ2n) is 6.54. The number of halogens is 1. The largest absolute Gasteiger partial charge is 0.328 e. The third-order valence-electron chi connectivity index (χ3n) is 3.62. The van der Waals surface area contributed by atoms with Crippen molar-refractivity contribution < 1.29 is 4.79 Å². The standard InChI is InChI=1S/C14H25ClN2O/c1-9(8-10(2)15)14(6)12(18)17(7)11(16-14)13(3,4)5/h10-11,16H,1,8H2,2-7H3. The van der Waals surface area contributed by atoms with Crippen molar-refractivity contribution in [2.45, 2.75) is 58.1 Å². The van der Waals surface area contributed by atoms with Crippen molar-refractivity contribution in [3.05, 3.63) is 12.2 Å². The number of amides is 1. The number of rotatable bonds is 3. The summed E-state index contributed by atoms with van der Waals surface area (Å²) in [5.41, 5.74) is 0.138. The molecule has 0 aromatic carbocycles. The van der Waals surface area contributed by atoms with Crippen molar-refractivity contribution in [2.24, 2.45) is 5.41 Å². The SMILES string of the molecule is C=C(CC(C)Cl)C1(C)NC(C(C)(C)C)N(C)C1=O. The summed E-state index contributed by atoms with van der Waals surface area (Å²) in [6, 6.07) is 0. The fourth-order valence-corrected chi connectivity index (χ4v) is 2.68. The van der Waals surface area contributed by atoms with Crippen LogP contribution < -0.4 is 5.32 Å². The van der Waals surface area contributed by atoms with E-state index < -0.39 is 5.54 Å². The van der Waals surface area contributed by atoms with E-state index in [1.54, 1.807) is 4.90 Å². The highest BCUT2D eigenvalue weighted by atomic mass is 35.5. The van der Waals surface area contributed by atoms with Crippen molar-refractivity contribution in [1.29, 1.82) is 0 Å². The van der Waals surface area contributed by atoms with Gasteiger partial charge in [-0.3, -0.25) is 10.1 Å². The van der Waals surface area contributed by atoms with Gasteiger partial charge in [-0.25, -0.2) is 0 Å². The normalized spacial score (nSPS) is 30.7. The third kappa shape index (κ3) is 2.72. The maximum Gasteiger partial charge on any atom is 0.247 e. The molecule has 0 aliphatic carbocycles. The van der Waals surface area contributed by atoms with E-state index in [2.05, 4.69) is 32.7 Å². The van der Waals surface area contributed by atoms with Crippen LogP contribution in [0, 0.1) is 5.41 Å². The highest BCUT2D eigenvalue weighted by Gasteiger charge is 2.51. The van der Waals surface area contributed by atoms with Gasteiger partial charge in [-0.2, -0.15) is 0 Å². The number of alkyl halides is 1. The summed E-state index contributed by atoms with van der Waals surface area (Å²) in [5, 5.41) is 3.42. The lowest BCUT2D eigenvalue weighted by Crippen LogP contribution is -2.49. The van der Waals surface area contributed by atoms with E-state index in [9.17, 15) is 4.79 Å². The minimum atomic E-state index is -0.699. The molecule has 1 heterocycles. The van der Waals surface area contributed by atoms with Crippen LogP contribution in [-0.4, -0.2) is 34.9 Å². The first kappa shape index (κ1) is 15.5. The predicted molar refractivity (Wildman–Crippen MR) is 76.6 cm³/mol. The van der Waals surface area contributed by atoms with Crippen LogP contribution in [0.1, 0.15) is 41.0 Å². The van der Waals surface area contributed by atoms with Crippen LogP contribution in [0.15, 0.2) is 12.2 Å². The highest BCUT2D eigenvalue weighted by Crippen LogP contribution is 2.35. The van der Waals surface area contributed by atoms with Crippen LogP contribution in [0.25, 0.3) is 0 Å².